The smallest absolute Gasteiger partial charge is 0.233 e. The molecule has 118 valence electrons. The number of ether oxygens (including phenoxy) is 1. The molecule has 1 aliphatic heterocycles. The summed E-state index contributed by atoms with van der Waals surface area (Å²) in [6.45, 7) is 2.10. The first-order chi connectivity index (χ1) is 10.8. The molecule has 1 atom stereocenters. The highest BCUT2D eigenvalue weighted by atomic mass is 32.2. The van der Waals surface area contributed by atoms with Gasteiger partial charge in [-0.05, 0) is 35.2 Å². The van der Waals surface area contributed by atoms with E-state index in [1.165, 1.54) is 23.7 Å². The van der Waals surface area contributed by atoms with Crippen molar-refractivity contribution in [3.8, 4) is 0 Å². The van der Waals surface area contributed by atoms with Crippen LogP contribution in [0.2, 0.25) is 0 Å². The zero-order valence-electron chi connectivity index (χ0n) is 12.1. The molecule has 0 aromatic carbocycles. The van der Waals surface area contributed by atoms with Crippen LogP contribution in [0.4, 0.5) is 0 Å². The Kier molecular flexibility index (Phi) is 5.47. The van der Waals surface area contributed by atoms with Crippen molar-refractivity contribution in [2.45, 2.75) is 30.6 Å². The standard InChI is InChI=1S/C14H18N4O2S2/c19-13(9-22-14-15-10-16-17-14)18(6-11-3-5-21-8-11)7-12-2-1-4-20-12/h3,5,8,10,12H,1-2,4,6-7,9H2,(H,15,16,17)/t12-/m0/s1. The van der Waals surface area contributed by atoms with E-state index in [9.17, 15) is 4.79 Å². The summed E-state index contributed by atoms with van der Waals surface area (Å²) in [7, 11) is 0. The average Bonchev–Trinajstić information content (AvgIpc) is 3.27. The minimum atomic E-state index is 0.100. The number of carbonyl (C=O) groups excluding carboxylic acids is 1. The van der Waals surface area contributed by atoms with Crippen LogP contribution in [0.3, 0.4) is 0 Å². The lowest BCUT2D eigenvalue weighted by atomic mass is 10.2. The van der Waals surface area contributed by atoms with Gasteiger partial charge in [-0.25, -0.2) is 4.98 Å². The van der Waals surface area contributed by atoms with Gasteiger partial charge in [-0.1, -0.05) is 11.8 Å². The fourth-order valence-corrected chi connectivity index (χ4v) is 3.72. The Bertz CT molecular complexity index is 568. The molecule has 0 saturated carbocycles. The largest absolute Gasteiger partial charge is 0.376 e. The van der Waals surface area contributed by atoms with Gasteiger partial charge in [0, 0.05) is 19.7 Å². The Balaban J connectivity index is 1.59. The molecule has 1 aliphatic rings. The van der Waals surface area contributed by atoms with Crippen molar-refractivity contribution in [2.75, 3.05) is 18.9 Å². The third kappa shape index (κ3) is 4.31. The molecule has 0 radical (unpaired) electrons. The van der Waals surface area contributed by atoms with Crippen molar-refractivity contribution in [1.29, 1.82) is 0 Å². The molecule has 6 nitrogen and oxygen atoms in total. The third-order valence-electron chi connectivity index (χ3n) is 3.48. The van der Waals surface area contributed by atoms with Gasteiger partial charge >= 0.3 is 0 Å². The highest BCUT2D eigenvalue weighted by Crippen LogP contribution is 2.18. The van der Waals surface area contributed by atoms with Crippen LogP contribution in [0.15, 0.2) is 28.3 Å². The van der Waals surface area contributed by atoms with E-state index in [2.05, 4.69) is 26.6 Å². The molecule has 3 heterocycles. The van der Waals surface area contributed by atoms with Crippen LogP contribution in [0, 0.1) is 0 Å². The third-order valence-corrected chi connectivity index (χ3v) is 5.07. The first-order valence-corrected chi connectivity index (χ1v) is 9.13. The maximum absolute atomic E-state index is 12.5. The number of rotatable bonds is 7. The number of thioether (sulfide) groups is 1. The van der Waals surface area contributed by atoms with E-state index in [4.69, 9.17) is 4.74 Å². The van der Waals surface area contributed by atoms with Crippen molar-refractivity contribution in [1.82, 2.24) is 20.1 Å². The van der Waals surface area contributed by atoms with E-state index < -0.39 is 0 Å². The van der Waals surface area contributed by atoms with Crippen LogP contribution < -0.4 is 0 Å². The van der Waals surface area contributed by atoms with E-state index in [1.807, 2.05) is 10.3 Å². The number of amides is 1. The normalized spacial score (nSPS) is 17.7. The number of aromatic nitrogens is 3. The van der Waals surface area contributed by atoms with Gasteiger partial charge in [0.25, 0.3) is 0 Å². The van der Waals surface area contributed by atoms with Crippen LogP contribution >= 0.6 is 23.1 Å². The number of carbonyl (C=O) groups is 1. The monoisotopic (exact) mass is 338 g/mol. The molecule has 0 unspecified atom stereocenters. The summed E-state index contributed by atoms with van der Waals surface area (Å²) in [6.07, 6.45) is 3.72. The van der Waals surface area contributed by atoms with Gasteiger partial charge < -0.3 is 9.64 Å². The highest BCUT2D eigenvalue weighted by molar-refractivity contribution is 7.99. The van der Waals surface area contributed by atoms with Gasteiger partial charge in [0.15, 0.2) is 5.16 Å². The Morgan fingerprint density at radius 3 is 3.23 bits per heavy atom. The number of nitrogens with one attached hydrogen (secondary N) is 1. The first kappa shape index (κ1) is 15.5. The second kappa shape index (κ2) is 7.75. The number of nitrogens with zero attached hydrogens (tertiary/aromatic N) is 3. The Hall–Kier alpha value is -1.38. The predicted molar refractivity (Wildman–Crippen MR) is 85.8 cm³/mol. The van der Waals surface area contributed by atoms with Gasteiger partial charge in [-0.3, -0.25) is 9.89 Å². The Morgan fingerprint density at radius 2 is 2.55 bits per heavy atom. The summed E-state index contributed by atoms with van der Waals surface area (Å²) < 4.78 is 5.68. The fourth-order valence-electron chi connectivity index (χ4n) is 2.38. The lowest BCUT2D eigenvalue weighted by Gasteiger charge is -2.25. The molecule has 3 rings (SSSR count). The minimum absolute atomic E-state index is 0.100. The SMILES string of the molecule is O=C(CSc1ncn[nH]1)N(Cc1ccsc1)C[C@@H]1CCCO1. The van der Waals surface area contributed by atoms with Gasteiger partial charge in [-0.2, -0.15) is 16.4 Å². The molecule has 1 fully saturated rings. The molecule has 1 N–H and O–H groups in total. The van der Waals surface area contributed by atoms with Crippen molar-refractivity contribution < 1.29 is 9.53 Å². The lowest BCUT2D eigenvalue weighted by molar-refractivity contribution is -0.130. The summed E-state index contributed by atoms with van der Waals surface area (Å²) in [5, 5.41) is 11.3. The second-order valence-corrected chi connectivity index (χ2v) is 6.86. The molecule has 1 amide bonds. The van der Waals surface area contributed by atoms with Gasteiger partial charge in [0.2, 0.25) is 5.91 Å². The zero-order chi connectivity index (χ0) is 15.2. The minimum Gasteiger partial charge on any atom is -0.376 e. The van der Waals surface area contributed by atoms with Crippen molar-refractivity contribution in [3.63, 3.8) is 0 Å². The summed E-state index contributed by atoms with van der Waals surface area (Å²) in [6, 6.07) is 2.06. The zero-order valence-corrected chi connectivity index (χ0v) is 13.7. The van der Waals surface area contributed by atoms with E-state index in [1.54, 1.807) is 11.3 Å². The second-order valence-electron chi connectivity index (χ2n) is 5.12. The van der Waals surface area contributed by atoms with Gasteiger partial charge in [-0.15, -0.1) is 0 Å². The maximum atomic E-state index is 12.5. The maximum Gasteiger partial charge on any atom is 0.233 e. The molecular weight excluding hydrogens is 320 g/mol. The van der Waals surface area contributed by atoms with Crippen LogP contribution in [-0.2, 0) is 16.1 Å². The van der Waals surface area contributed by atoms with Gasteiger partial charge in [0.05, 0.1) is 11.9 Å². The Morgan fingerprint density at radius 1 is 1.59 bits per heavy atom. The summed E-state index contributed by atoms with van der Waals surface area (Å²) in [5.74, 6) is 0.453. The molecule has 22 heavy (non-hydrogen) atoms. The van der Waals surface area contributed by atoms with Gasteiger partial charge in [0.1, 0.15) is 6.33 Å². The average molecular weight is 338 g/mol. The molecule has 1 saturated heterocycles. The number of thiophene rings is 1. The molecule has 8 heteroatoms. The molecule has 0 aliphatic carbocycles. The van der Waals surface area contributed by atoms with E-state index in [0.29, 0.717) is 24.0 Å². The summed E-state index contributed by atoms with van der Waals surface area (Å²) >= 11 is 3.03. The van der Waals surface area contributed by atoms with Crippen molar-refractivity contribution in [3.05, 3.63) is 28.7 Å². The summed E-state index contributed by atoms with van der Waals surface area (Å²) in [4.78, 5) is 18.5. The molecule has 2 aromatic heterocycles. The van der Waals surface area contributed by atoms with E-state index >= 15 is 0 Å². The first-order valence-electron chi connectivity index (χ1n) is 7.20. The number of hydrogen-bond donors (Lipinski definition) is 1. The molecular formula is C14H18N4O2S2. The highest BCUT2D eigenvalue weighted by Gasteiger charge is 2.23. The van der Waals surface area contributed by atoms with Crippen LogP contribution in [0.5, 0.6) is 0 Å². The predicted octanol–water partition coefficient (Wildman–Crippen LogP) is 2.17. The van der Waals surface area contributed by atoms with Crippen LogP contribution in [0.1, 0.15) is 18.4 Å². The van der Waals surface area contributed by atoms with Crippen molar-refractivity contribution in [2.24, 2.45) is 0 Å². The number of hydrogen-bond acceptors (Lipinski definition) is 6. The molecule has 0 spiro atoms. The summed E-state index contributed by atoms with van der Waals surface area (Å²) in [5.41, 5.74) is 1.17. The van der Waals surface area contributed by atoms with E-state index in [0.717, 1.165) is 19.4 Å². The van der Waals surface area contributed by atoms with Crippen molar-refractivity contribution >= 4 is 29.0 Å². The quantitative estimate of drug-likeness (QED) is 0.784. The Labute approximate surface area is 137 Å². The fraction of sp³-hybridized carbons (Fsp3) is 0.500. The topological polar surface area (TPSA) is 71.1 Å². The van der Waals surface area contributed by atoms with Crippen LogP contribution in [-0.4, -0.2) is 51.0 Å². The molecule has 0 bridgehead atoms. The molecule has 2 aromatic rings. The number of aromatic amines is 1. The van der Waals surface area contributed by atoms with Crippen LogP contribution in [0.25, 0.3) is 0 Å². The lowest BCUT2D eigenvalue weighted by Crippen LogP contribution is -2.37. The number of H-pyrrole nitrogens is 1. The van der Waals surface area contributed by atoms with E-state index in [-0.39, 0.29) is 12.0 Å².